The molecule has 5 aromatic rings. The maximum Gasteiger partial charge on any atom is 0.270 e. The lowest BCUT2D eigenvalue weighted by Gasteiger charge is -2.12. The van der Waals surface area contributed by atoms with Crippen molar-refractivity contribution in [1.82, 2.24) is 9.38 Å². The molecule has 11 nitrogen and oxygen atoms in total. The van der Waals surface area contributed by atoms with Crippen LogP contribution < -0.4 is 14.9 Å². The lowest BCUT2D eigenvalue weighted by Crippen LogP contribution is -2.15. The number of fused-ring (bicyclic) bond motifs is 1. The predicted octanol–water partition coefficient (Wildman–Crippen LogP) is 5.23. The molecular weight excluding hydrogens is 528 g/mol. The van der Waals surface area contributed by atoms with Crippen molar-refractivity contribution >= 4 is 49.6 Å². The first-order valence-electron chi connectivity index (χ1n) is 11.1. The normalized spacial score (nSPS) is 11.6. The number of nitro groups is 1. The molecule has 5 rings (SSSR count). The Kier molecular flexibility index (Phi) is 6.77. The van der Waals surface area contributed by atoms with E-state index in [0.29, 0.717) is 17.1 Å². The Morgan fingerprint density at radius 2 is 1.87 bits per heavy atom. The van der Waals surface area contributed by atoms with Crippen LogP contribution in [0.4, 0.5) is 17.1 Å². The molecule has 0 saturated carbocycles. The molecule has 0 saturated heterocycles. The maximum atomic E-state index is 13.3. The van der Waals surface area contributed by atoms with Crippen molar-refractivity contribution in [2.75, 3.05) is 17.3 Å². The minimum Gasteiger partial charge on any atom is -0.497 e. The summed E-state index contributed by atoms with van der Waals surface area (Å²) in [6, 6.07) is 19.3. The van der Waals surface area contributed by atoms with Crippen LogP contribution in [0.15, 0.2) is 94.4 Å². The average Bonchev–Trinajstić information content (AvgIpc) is 3.52. The molecule has 0 radical (unpaired) electrons. The fraction of sp³-hybridized carbons (Fsp3) is 0.0400. The predicted molar refractivity (Wildman–Crippen MR) is 147 cm³/mol. The number of nitro benzene ring substituents is 1. The van der Waals surface area contributed by atoms with E-state index in [1.54, 1.807) is 12.1 Å². The third-order valence-corrected chi connectivity index (χ3v) is 7.70. The number of methoxy groups -OCH3 is 1. The number of non-ortho nitro benzene ring substituents is 1. The van der Waals surface area contributed by atoms with E-state index in [9.17, 15) is 18.5 Å². The van der Waals surface area contributed by atoms with E-state index in [-0.39, 0.29) is 22.0 Å². The largest absolute Gasteiger partial charge is 0.497 e. The molecule has 0 spiro atoms. The molecule has 0 amide bonds. The van der Waals surface area contributed by atoms with E-state index in [4.69, 9.17) is 4.74 Å². The fourth-order valence-corrected chi connectivity index (χ4v) is 5.66. The minimum absolute atomic E-state index is 0.0557. The first kappa shape index (κ1) is 24.9. The molecule has 0 bridgehead atoms. The lowest BCUT2D eigenvalue weighted by molar-refractivity contribution is -0.385. The molecule has 13 heteroatoms. The van der Waals surface area contributed by atoms with Crippen LogP contribution >= 0.6 is 11.3 Å². The van der Waals surface area contributed by atoms with E-state index in [1.165, 1.54) is 48.9 Å². The molecule has 0 aliphatic carbocycles. The van der Waals surface area contributed by atoms with Crippen LogP contribution in [-0.4, -0.2) is 36.1 Å². The third-order valence-electron chi connectivity index (χ3n) is 5.53. The average molecular weight is 549 g/mol. The number of nitrogens with zero attached hydrogens (tertiary/aromatic N) is 4. The molecule has 2 N–H and O–H groups in total. The van der Waals surface area contributed by atoms with Gasteiger partial charge in [0.05, 0.1) is 35.3 Å². The Balaban J connectivity index is 1.49. The smallest absolute Gasteiger partial charge is 0.270 e. The number of thiazole rings is 1. The number of rotatable bonds is 9. The van der Waals surface area contributed by atoms with Crippen LogP contribution in [0.5, 0.6) is 5.75 Å². The number of hydrogen-bond donors (Lipinski definition) is 2. The highest BCUT2D eigenvalue weighted by Gasteiger charge is 2.23. The van der Waals surface area contributed by atoms with Crippen molar-refractivity contribution in [3.05, 3.63) is 100 Å². The number of anilines is 2. The molecule has 192 valence electrons. The Morgan fingerprint density at radius 1 is 1.11 bits per heavy atom. The zero-order valence-electron chi connectivity index (χ0n) is 19.8. The van der Waals surface area contributed by atoms with Crippen molar-refractivity contribution < 1.29 is 18.1 Å². The van der Waals surface area contributed by atoms with E-state index >= 15 is 0 Å². The summed E-state index contributed by atoms with van der Waals surface area (Å²) in [7, 11) is -2.73. The summed E-state index contributed by atoms with van der Waals surface area (Å²) in [5, 5.41) is 17.5. The molecule has 38 heavy (non-hydrogen) atoms. The summed E-state index contributed by atoms with van der Waals surface area (Å²) in [6.07, 6.45) is 3.39. The Bertz CT molecular complexity index is 1750. The van der Waals surface area contributed by atoms with Gasteiger partial charge in [0.1, 0.15) is 10.6 Å². The molecule has 2 aromatic heterocycles. The van der Waals surface area contributed by atoms with Gasteiger partial charge in [-0.15, -0.1) is 11.3 Å². The topological polar surface area (TPSA) is 140 Å². The van der Waals surface area contributed by atoms with E-state index in [2.05, 4.69) is 20.2 Å². The van der Waals surface area contributed by atoms with Crippen molar-refractivity contribution in [1.29, 1.82) is 0 Å². The molecule has 0 unspecified atom stereocenters. The first-order chi connectivity index (χ1) is 18.4. The lowest BCUT2D eigenvalue weighted by atomic mass is 10.1. The van der Waals surface area contributed by atoms with Gasteiger partial charge >= 0.3 is 0 Å². The molecular formula is C25H20N6O5S2. The number of benzene rings is 3. The maximum absolute atomic E-state index is 13.3. The third kappa shape index (κ3) is 5.05. The van der Waals surface area contributed by atoms with Gasteiger partial charge in [0.2, 0.25) is 0 Å². The highest BCUT2D eigenvalue weighted by molar-refractivity contribution is 7.92. The van der Waals surface area contributed by atoms with Gasteiger partial charge in [-0.3, -0.25) is 24.7 Å². The van der Waals surface area contributed by atoms with Crippen LogP contribution in [0.25, 0.3) is 16.2 Å². The van der Waals surface area contributed by atoms with E-state index < -0.39 is 14.9 Å². The van der Waals surface area contributed by atoms with Crippen molar-refractivity contribution in [2.24, 2.45) is 5.10 Å². The van der Waals surface area contributed by atoms with Gasteiger partial charge in [0.15, 0.2) is 4.96 Å². The summed E-state index contributed by atoms with van der Waals surface area (Å²) in [5.74, 6) is 0.550. The van der Waals surface area contributed by atoms with Crippen LogP contribution in [0.2, 0.25) is 0 Å². The second-order valence-corrected chi connectivity index (χ2v) is 10.4. The number of sulfonamides is 1. The number of imidazole rings is 1. The highest BCUT2D eigenvalue weighted by atomic mass is 32.2. The second-order valence-electron chi connectivity index (χ2n) is 7.91. The van der Waals surface area contributed by atoms with Gasteiger partial charge in [-0.2, -0.15) is 5.10 Å². The van der Waals surface area contributed by atoms with Gasteiger partial charge < -0.3 is 4.74 Å². The first-order valence-corrected chi connectivity index (χ1v) is 13.5. The van der Waals surface area contributed by atoms with Gasteiger partial charge in [-0.1, -0.05) is 30.3 Å². The van der Waals surface area contributed by atoms with E-state index in [1.807, 2.05) is 46.3 Å². The van der Waals surface area contributed by atoms with Gasteiger partial charge in [-0.05, 0) is 30.3 Å². The van der Waals surface area contributed by atoms with Crippen molar-refractivity contribution in [3.8, 4) is 17.0 Å². The molecule has 0 aliphatic heterocycles. The molecule has 2 heterocycles. The monoisotopic (exact) mass is 548 g/mol. The standard InChI is InChI=1S/C25H20N6O5S2/c1-36-20-10-7-18(8-11-20)29-38(34,35)23-15-19(31(32)33)9-12-21(23)28-26-16-22-24(17-5-3-2-4-6-17)27-25-30(22)13-14-37-25/h2-16,28-29H,1H3/b26-16-. The van der Waals surface area contributed by atoms with Crippen molar-refractivity contribution in [3.63, 3.8) is 0 Å². The summed E-state index contributed by atoms with van der Waals surface area (Å²) in [5.41, 5.74) is 4.96. The molecule has 3 aromatic carbocycles. The van der Waals surface area contributed by atoms with E-state index in [0.717, 1.165) is 16.6 Å². The quantitative estimate of drug-likeness (QED) is 0.146. The second kappa shape index (κ2) is 10.3. The number of nitrogens with one attached hydrogen (secondary N) is 2. The number of aromatic nitrogens is 2. The van der Waals surface area contributed by atoms with Crippen LogP contribution in [0.1, 0.15) is 5.69 Å². The molecule has 0 fully saturated rings. The Labute approximate surface area is 221 Å². The zero-order chi connectivity index (χ0) is 26.7. The summed E-state index contributed by atoms with van der Waals surface area (Å²) >= 11 is 1.47. The number of hydrazone groups is 1. The van der Waals surface area contributed by atoms with Gasteiger partial charge in [0, 0.05) is 35.0 Å². The minimum atomic E-state index is -4.23. The van der Waals surface area contributed by atoms with Crippen molar-refractivity contribution in [2.45, 2.75) is 4.90 Å². The Morgan fingerprint density at radius 3 is 2.58 bits per heavy atom. The SMILES string of the molecule is COc1ccc(NS(=O)(=O)c2cc([N+](=O)[O-])ccc2N/N=C\c2c(-c3ccccc3)nc3sccn23)cc1. The van der Waals surface area contributed by atoms with Crippen LogP contribution in [-0.2, 0) is 10.0 Å². The Hall–Kier alpha value is -4.75. The number of hydrogen-bond acceptors (Lipinski definition) is 9. The van der Waals surface area contributed by atoms with Crippen LogP contribution in [0, 0.1) is 10.1 Å². The summed E-state index contributed by atoms with van der Waals surface area (Å²) in [4.78, 5) is 15.8. The zero-order valence-corrected chi connectivity index (χ0v) is 21.4. The molecule has 0 aliphatic rings. The van der Waals surface area contributed by atoms with Gasteiger partial charge in [0.25, 0.3) is 15.7 Å². The summed E-state index contributed by atoms with van der Waals surface area (Å²) in [6.45, 7) is 0. The van der Waals surface area contributed by atoms with Crippen LogP contribution in [0.3, 0.4) is 0 Å². The van der Waals surface area contributed by atoms with Gasteiger partial charge in [-0.25, -0.2) is 13.4 Å². The fourth-order valence-electron chi connectivity index (χ4n) is 3.71. The molecule has 0 atom stereocenters. The highest BCUT2D eigenvalue weighted by Crippen LogP contribution is 2.29. The number of ether oxygens (including phenoxy) is 1. The summed E-state index contributed by atoms with van der Waals surface area (Å²) < 4.78 is 35.9.